The molecule has 0 radical (unpaired) electrons. The summed E-state index contributed by atoms with van der Waals surface area (Å²) in [6.45, 7) is 2.77. The molecule has 2 heterocycles. The molecule has 1 aliphatic carbocycles. The summed E-state index contributed by atoms with van der Waals surface area (Å²) in [6.07, 6.45) is 0.729. The summed E-state index contributed by atoms with van der Waals surface area (Å²) < 4.78 is 46.4. The number of fused-ring (bicyclic) bond motifs is 1. The number of piperidine rings is 1. The van der Waals surface area contributed by atoms with Gasteiger partial charge in [-0.15, -0.1) is 24.5 Å². The van der Waals surface area contributed by atoms with Crippen molar-refractivity contribution in [2.75, 3.05) is 13.1 Å². The Balaban J connectivity index is 1.24. The van der Waals surface area contributed by atoms with E-state index in [4.69, 9.17) is 9.72 Å². The third kappa shape index (κ3) is 4.93. The molecule has 1 fully saturated rings. The molecule has 146 valence electrons. The van der Waals surface area contributed by atoms with Crippen molar-refractivity contribution in [3.63, 3.8) is 0 Å². The second kappa shape index (κ2) is 7.67. The fourth-order valence-electron chi connectivity index (χ4n) is 3.60. The fourth-order valence-corrected chi connectivity index (χ4v) is 4.80. The number of rotatable bonds is 5. The number of thiazole rings is 1. The van der Waals surface area contributed by atoms with E-state index in [0.717, 1.165) is 38.9 Å². The van der Waals surface area contributed by atoms with Crippen LogP contribution in [0.2, 0.25) is 0 Å². The first-order chi connectivity index (χ1) is 12.9. The summed E-state index contributed by atoms with van der Waals surface area (Å²) in [7, 11) is 0. The lowest BCUT2D eigenvalue weighted by molar-refractivity contribution is -0.274. The molecule has 1 aliphatic heterocycles. The summed E-state index contributed by atoms with van der Waals surface area (Å²) in [5.41, 5.74) is 1.30. The molecule has 4 nitrogen and oxygen atoms in total. The monoisotopic (exact) mass is 398 g/mol. The Kier molecular flexibility index (Phi) is 5.27. The SMILES string of the molecule is FC(F)(F)Oc1ccc(OC2CCN(Cc3nc4c(s3)CCC4)CC2)cc1. The Morgan fingerprint density at radius 3 is 2.44 bits per heavy atom. The minimum absolute atomic E-state index is 0.0805. The van der Waals surface area contributed by atoms with Gasteiger partial charge in [-0.3, -0.25) is 4.90 Å². The van der Waals surface area contributed by atoms with Gasteiger partial charge in [0.15, 0.2) is 0 Å². The molecule has 0 atom stereocenters. The highest BCUT2D eigenvalue weighted by Gasteiger charge is 2.31. The number of nitrogens with zero attached hydrogens (tertiary/aromatic N) is 2. The molecule has 1 aromatic carbocycles. The van der Waals surface area contributed by atoms with Gasteiger partial charge < -0.3 is 9.47 Å². The van der Waals surface area contributed by atoms with E-state index in [9.17, 15) is 13.2 Å². The predicted molar refractivity (Wildman–Crippen MR) is 96.2 cm³/mol. The van der Waals surface area contributed by atoms with Crippen LogP contribution in [0.5, 0.6) is 11.5 Å². The number of aromatic nitrogens is 1. The lowest BCUT2D eigenvalue weighted by atomic mass is 10.1. The van der Waals surface area contributed by atoms with Crippen LogP contribution in [0, 0.1) is 0 Å². The van der Waals surface area contributed by atoms with E-state index in [2.05, 4.69) is 9.64 Å². The van der Waals surface area contributed by atoms with E-state index in [1.165, 1.54) is 52.7 Å². The average molecular weight is 398 g/mol. The molecule has 4 rings (SSSR count). The van der Waals surface area contributed by atoms with Crippen LogP contribution < -0.4 is 9.47 Å². The van der Waals surface area contributed by atoms with Gasteiger partial charge in [-0.05, 0) is 56.4 Å². The van der Waals surface area contributed by atoms with Gasteiger partial charge in [-0.1, -0.05) is 0 Å². The van der Waals surface area contributed by atoms with Gasteiger partial charge in [0.2, 0.25) is 0 Å². The zero-order valence-electron chi connectivity index (χ0n) is 14.8. The number of likely N-dealkylation sites (tertiary alicyclic amines) is 1. The van der Waals surface area contributed by atoms with Crippen LogP contribution >= 0.6 is 11.3 Å². The topological polar surface area (TPSA) is 34.6 Å². The maximum Gasteiger partial charge on any atom is 0.573 e. The molecule has 0 unspecified atom stereocenters. The van der Waals surface area contributed by atoms with E-state index in [1.807, 2.05) is 11.3 Å². The lowest BCUT2D eigenvalue weighted by Crippen LogP contribution is -2.37. The summed E-state index contributed by atoms with van der Waals surface area (Å²) in [6, 6.07) is 5.59. The first-order valence-electron chi connectivity index (χ1n) is 9.17. The van der Waals surface area contributed by atoms with Gasteiger partial charge in [0.1, 0.15) is 22.6 Å². The standard InChI is InChI=1S/C19H21F3N2O2S/c20-19(21,22)26-15-6-4-13(5-7-15)25-14-8-10-24(11-9-14)12-18-23-16-2-1-3-17(16)27-18/h4-7,14H,1-3,8-12H2. The van der Waals surface area contributed by atoms with Gasteiger partial charge in [0.25, 0.3) is 0 Å². The van der Waals surface area contributed by atoms with Crippen molar-refractivity contribution in [1.82, 2.24) is 9.88 Å². The molecule has 0 bridgehead atoms. The summed E-state index contributed by atoms with van der Waals surface area (Å²) >= 11 is 1.85. The summed E-state index contributed by atoms with van der Waals surface area (Å²) in [5.74, 6) is 0.333. The zero-order valence-corrected chi connectivity index (χ0v) is 15.6. The molecular formula is C19H21F3N2O2S. The number of halogens is 3. The molecule has 8 heteroatoms. The largest absolute Gasteiger partial charge is 0.573 e. The molecule has 0 spiro atoms. The molecule has 1 aromatic heterocycles. The quantitative estimate of drug-likeness (QED) is 0.739. The van der Waals surface area contributed by atoms with E-state index in [1.54, 1.807) is 0 Å². The Morgan fingerprint density at radius 2 is 1.78 bits per heavy atom. The number of ether oxygens (including phenoxy) is 2. The van der Waals surface area contributed by atoms with E-state index in [-0.39, 0.29) is 11.9 Å². The molecule has 0 amide bonds. The fraction of sp³-hybridized carbons (Fsp3) is 0.526. The van der Waals surface area contributed by atoms with Crippen LogP contribution in [0.25, 0.3) is 0 Å². The van der Waals surface area contributed by atoms with Crippen molar-refractivity contribution in [2.45, 2.75) is 51.1 Å². The van der Waals surface area contributed by atoms with Crippen LogP contribution in [0.1, 0.15) is 34.8 Å². The first kappa shape index (κ1) is 18.6. The van der Waals surface area contributed by atoms with Gasteiger partial charge in [0.05, 0.1) is 12.2 Å². The van der Waals surface area contributed by atoms with Gasteiger partial charge in [-0.2, -0.15) is 0 Å². The van der Waals surface area contributed by atoms with Gasteiger partial charge >= 0.3 is 6.36 Å². The van der Waals surface area contributed by atoms with Crippen LogP contribution in [0.4, 0.5) is 13.2 Å². The number of hydrogen-bond donors (Lipinski definition) is 0. The molecular weight excluding hydrogens is 377 g/mol. The van der Waals surface area contributed by atoms with Crippen molar-refractivity contribution in [1.29, 1.82) is 0 Å². The normalized spacial score (nSPS) is 18.5. The van der Waals surface area contributed by atoms with Crippen molar-refractivity contribution >= 4 is 11.3 Å². The van der Waals surface area contributed by atoms with Crippen molar-refractivity contribution < 1.29 is 22.6 Å². The van der Waals surface area contributed by atoms with Crippen LogP contribution in [0.3, 0.4) is 0 Å². The smallest absolute Gasteiger partial charge is 0.490 e. The number of aryl methyl sites for hydroxylation is 2. The maximum atomic E-state index is 12.2. The van der Waals surface area contributed by atoms with E-state index >= 15 is 0 Å². The molecule has 2 aliphatic rings. The van der Waals surface area contributed by atoms with Gasteiger partial charge in [0, 0.05) is 18.0 Å². The van der Waals surface area contributed by atoms with E-state index in [0.29, 0.717) is 5.75 Å². The number of benzene rings is 1. The average Bonchev–Trinajstić information content (AvgIpc) is 3.18. The molecule has 1 saturated heterocycles. The zero-order chi connectivity index (χ0) is 18.9. The third-order valence-corrected chi connectivity index (χ3v) is 6.04. The van der Waals surface area contributed by atoms with Gasteiger partial charge in [-0.25, -0.2) is 4.98 Å². The first-order valence-corrected chi connectivity index (χ1v) is 9.98. The van der Waals surface area contributed by atoms with Crippen LogP contribution in [-0.4, -0.2) is 35.4 Å². The van der Waals surface area contributed by atoms with E-state index < -0.39 is 6.36 Å². The van der Waals surface area contributed by atoms with Crippen molar-refractivity contribution in [2.24, 2.45) is 0 Å². The molecule has 0 N–H and O–H groups in total. The van der Waals surface area contributed by atoms with Crippen molar-refractivity contribution in [3.05, 3.63) is 39.8 Å². The highest BCUT2D eigenvalue weighted by atomic mass is 32.1. The molecule has 2 aromatic rings. The van der Waals surface area contributed by atoms with Crippen LogP contribution in [-0.2, 0) is 19.4 Å². The minimum Gasteiger partial charge on any atom is -0.490 e. The molecule has 27 heavy (non-hydrogen) atoms. The Morgan fingerprint density at radius 1 is 1.07 bits per heavy atom. The highest BCUT2D eigenvalue weighted by Crippen LogP contribution is 2.29. The summed E-state index contributed by atoms with van der Waals surface area (Å²) in [4.78, 5) is 8.62. The maximum absolute atomic E-state index is 12.2. The number of hydrogen-bond acceptors (Lipinski definition) is 5. The van der Waals surface area contributed by atoms with Crippen LogP contribution in [0.15, 0.2) is 24.3 Å². The Hall–Kier alpha value is -1.80. The Labute approximate surface area is 159 Å². The second-order valence-electron chi connectivity index (χ2n) is 6.94. The van der Waals surface area contributed by atoms with Crippen molar-refractivity contribution in [3.8, 4) is 11.5 Å². The lowest BCUT2D eigenvalue weighted by Gasteiger charge is -2.31. The highest BCUT2D eigenvalue weighted by molar-refractivity contribution is 7.11. The minimum atomic E-state index is -4.67. The second-order valence-corrected chi connectivity index (χ2v) is 8.11. The Bertz CT molecular complexity index is 747. The summed E-state index contributed by atoms with van der Waals surface area (Å²) in [5, 5.41) is 1.21. The predicted octanol–water partition coefficient (Wildman–Crippen LogP) is 4.57. The molecule has 0 saturated carbocycles. The number of alkyl halides is 3. The third-order valence-electron chi connectivity index (χ3n) is 4.89.